The summed E-state index contributed by atoms with van der Waals surface area (Å²) >= 11 is 0. The predicted molar refractivity (Wildman–Crippen MR) is 403 cm³/mol. The van der Waals surface area contributed by atoms with Crippen molar-refractivity contribution in [3.63, 3.8) is 0 Å². The number of allylic oxidation sites excluding steroid dienone is 5. The summed E-state index contributed by atoms with van der Waals surface area (Å²) in [5, 5.41) is 0.0169. The van der Waals surface area contributed by atoms with Crippen molar-refractivity contribution >= 4 is 54.7 Å². The van der Waals surface area contributed by atoms with Crippen molar-refractivity contribution in [2.24, 2.45) is 35.5 Å². The lowest BCUT2D eigenvalue weighted by atomic mass is 9.78. The summed E-state index contributed by atoms with van der Waals surface area (Å²) < 4.78 is 71.3. The summed E-state index contributed by atoms with van der Waals surface area (Å²) in [6.07, 6.45) is 15.8. The summed E-state index contributed by atoms with van der Waals surface area (Å²) in [5.74, 6) is -2.65. The first-order chi connectivity index (χ1) is 46.9. The molecule has 4 rings (SSSR count). The normalized spacial score (nSPS) is 30.2. The van der Waals surface area contributed by atoms with Gasteiger partial charge >= 0.3 is 18.1 Å². The van der Waals surface area contributed by atoms with E-state index < -0.39 is 104 Å². The van der Waals surface area contributed by atoms with Crippen LogP contribution in [-0.4, -0.2) is 156 Å². The SMILES string of the molecule is C=CCOC(=O)O[C@@H]1C[C@@H]([C@H](C)C[C@@H]2CC[C@@H](O[Si](C)(C)C(C)(C)C)[C@H](OC)C2)OC(=O)[C@@H]2CCCCN2C(=O)COc2ccccc2OC(=O)[C@H](C)CC[C@H](O[Si](CC)(CC)CC)C[C@H](OC)/C(C)=C/C=C/C=C/[C@@H](C)C[C@@H](C)C(=O)[C@H](OC)[C@H](O[Si](CC)(CC)CC)/C(C)=C/[C@H]1C. The zero-order valence-electron chi connectivity index (χ0n) is 65.0. The smallest absolute Gasteiger partial charge is 0.480 e. The molecule has 2 aliphatic heterocycles. The van der Waals surface area contributed by atoms with Crippen LogP contribution < -0.4 is 9.47 Å². The number of esters is 2. The lowest BCUT2D eigenvalue weighted by molar-refractivity contribution is -0.166. The van der Waals surface area contributed by atoms with Gasteiger partial charge in [-0.15, -0.1) is 0 Å². The van der Waals surface area contributed by atoms with Gasteiger partial charge in [-0.25, -0.2) is 9.59 Å². The van der Waals surface area contributed by atoms with Crippen molar-refractivity contribution in [1.82, 2.24) is 4.90 Å². The van der Waals surface area contributed by atoms with E-state index in [-0.39, 0.29) is 77.5 Å². The largest absolute Gasteiger partial charge is 0.508 e. The number of Topliss-reactive ketones (excluding diaryl/α,β-unsaturated/α-hetero) is 1. The maximum Gasteiger partial charge on any atom is 0.508 e. The van der Waals surface area contributed by atoms with E-state index in [2.05, 4.69) is 115 Å². The Hall–Kier alpha value is -4.52. The van der Waals surface area contributed by atoms with Gasteiger partial charge in [-0.3, -0.25) is 14.4 Å². The molecule has 1 saturated carbocycles. The Bertz CT molecular complexity index is 2770. The lowest BCUT2D eigenvalue weighted by Crippen LogP contribution is -2.51. The molecule has 1 aromatic rings. The van der Waals surface area contributed by atoms with Gasteiger partial charge in [-0.2, -0.15) is 0 Å². The second kappa shape index (κ2) is 42.3. The summed E-state index contributed by atoms with van der Waals surface area (Å²) in [5.41, 5.74) is 1.79. The molecule has 3 aliphatic rings. The summed E-state index contributed by atoms with van der Waals surface area (Å²) in [4.78, 5) is 74.5. The topological polar surface area (TPSA) is 190 Å². The predicted octanol–water partition coefficient (Wildman–Crippen LogP) is 18.1. The van der Waals surface area contributed by atoms with E-state index in [1.165, 1.54) is 6.08 Å². The summed E-state index contributed by atoms with van der Waals surface area (Å²) in [6, 6.07) is 11.3. The Morgan fingerprint density at radius 3 is 1.95 bits per heavy atom. The molecule has 20 heteroatoms. The molecule has 0 aromatic heterocycles. The van der Waals surface area contributed by atoms with Crippen molar-refractivity contribution < 1.29 is 75.1 Å². The molecule has 1 amide bonds. The van der Waals surface area contributed by atoms with Crippen LogP contribution in [0.5, 0.6) is 11.5 Å². The Labute approximate surface area is 601 Å². The van der Waals surface area contributed by atoms with Crippen molar-refractivity contribution in [1.29, 1.82) is 0 Å². The van der Waals surface area contributed by atoms with Gasteiger partial charge in [0, 0.05) is 58.7 Å². The molecule has 1 saturated heterocycles. The van der Waals surface area contributed by atoms with Crippen molar-refractivity contribution in [3.8, 4) is 11.5 Å². The van der Waals surface area contributed by atoms with E-state index in [4.69, 9.17) is 51.2 Å². The maximum absolute atomic E-state index is 15.3. The molecule has 1 aromatic carbocycles. The summed E-state index contributed by atoms with van der Waals surface area (Å²) in [7, 11) is -1.64. The third-order valence-electron chi connectivity index (χ3n) is 22.4. The van der Waals surface area contributed by atoms with Crippen LogP contribution in [0.25, 0.3) is 0 Å². The molecule has 0 spiro atoms. The van der Waals surface area contributed by atoms with E-state index in [1.54, 1.807) is 50.5 Å². The number of carbonyl (C=O) groups excluding carboxylic acids is 5. The van der Waals surface area contributed by atoms with E-state index in [9.17, 15) is 14.4 Å². The van der Waals surface area contributed by atoms with Gasteiger partial charge in [0.15, 0.2) is 48.8 Å². The molecule has 0 radical (unpaired) electrons. The van der Waals surface area contributed by atoms with E-state index in [0.29, 0.717) is 57.9 Å². The molecule has 0 unspecified atom stereocenters. The zero-order chi connectivity index (χ0) is 73.8. The number of ether oxygens (including phenoxy) is 8. The highest BCUT2D eigenvalue weighted by Gasteiger charge is 2.46. The van der Waals surface area contributed by atoms with E-state index >= 15 is 9.59 Å². The van der Waals surface area contributed by atoms with E-state index in [0.717, 1.165) is 66.7 Å². The number of fused-ring (bicyclic) bond motifs is 2. The number of carbonyl (C=O) groups is 5. The molecule has 2 fully saturated rings. The number of ketones is 1. The van der Waals surface area contributed by atoms with Crippen LogP contribution in [0.1, 0.15) is 188 Å². The first-order valence-electron chi connectivity index (χ1n) is 37.6. The number of methoxy groups -OCH3 is 3. The third-order valence-corrected chi connectivity index (χ3v) is 36.2. The minimum absolute atomic E-state index is 0.0169. The monoisotopic (exact) mass is 1440 g/mol. The van der Waals surface area contributed by atoms with Crippen LogP contribution in [0.3, 0.4) is 0 Å². The minimum atomic E-state index is -2.45. The second-order valence-corrected chi connectivity index (χ2v) is 44.6. The number of hydrogen-bond donors (Lipinski definition) is 0. The highest BCUT2D eigenvalue weighted by molar-refractivity contribution is 6.74. The molecule has 0 N–H and O–H groups in total. The van der Waals surface area contributed by atoms with Crippen molar-refractivity contribution in [2.45, 2.75) is 297 Å². The molecule has 1 aliphatic carbocycles. The van der Waals surface area contributed by atoms with Gasteiger partial charge in [-0.05, 0) is 173 Å². The molecule has 562 valence electrons. The quantitative estimate of drug-likeness (QED) is 0.0488. The van der Waals surface area contributed by atoms with Gasteiger partial charge in [-0.1, -0.05) is 158 Å². The second-order valence-electron chi connectivity index (χ2n) is 30.4. The molecular formula is C79H133NO16Si3. The van der Waals surface area contributed by atoms with Crippen molar-refractivity contribution in [2.75, 3.05) is 41.1 Å². The fourth-order valence-electron chi connectivity index (χ4n) is 14.3. The Kier molecular flexibility index (Phi) is 37.1. The number of para-hydroxylation sites is 2. The molecule has 17 nitrogen and oxygen atoms in total. The minimum Gasteiger partial charge on any atom is -0.480 e. The average molecular weight is 1440 g/mol. The highest BCUT2D eigenvalue weighted by Crippen LogP contribution is 2.43. The van der Waals surface area contributed by atoms with Crippen molar-refractivity contribution in [3.05, 3.63) is 84.5 Å². The van der Waals surface area contributed by atoms with Crippen LogP contribution in [0, 0.1) is 35.5 Å². The number of piperidine rings is 1. The van der Waals surface area contributed by atoms with Crippen LogP contribution in [0.2, 0.25) is 54.4 Å². The Morgan fingerprint density at radius 2 is 1.34 bits per heavy atom. The highest BCUT2D eigenvalue weighted by atomic mass is 28.4. The number of nitrogens with zero attached hydrogens (tertiary/aromatic N) is 1. The number of hydrogen-bond acceptors (Lipinski definition) is 16. The maximum atomic E-state index is 15.3. The van der Waals surface area contributed by atoms with E-state index in [1.807, 2.05) is 52.0 Å². The number of amides is 1. The fraction of sp³-hybridized carbons (Fsp3) is 0.734. The number of rotatable bonds is 21. The van der Waals surface area contributed by atoms with Gasteiger partial charge < -0.3 is 56.1 Å². The van der Waals surface area contributed by atoms with Gasteiger partial charge in [0.2, 0.25) is 0 Å². The van der Waals surface area contributed by atoms with Gasteiger partial charge in [0.25, 0.3) is 5.91 Å². The van der Waals surface area contributed by atoms with Crippen LogP contribution in [0.15, 0.2) is 84.5 Å². The fourth-order valence-corrected chi connectivity index (χ4v) is 21.4. The average Bonchev–Trinajstić information content (AvgIpc) is 0.903. The molecule has 99 heavy (non-hydrogen) atoms. The molecular weight excluding hydrogens is 1300 g/mol. The van der Waals surface area contributed by atoms with Gasteiger partial charge in [0.05, 0.1) is 30.3 Å². The third kappa shape index (κ3) is 26.3. The van der Waals surface area contributed by atoms with Crippen LogP contribution >= 0.6 is 0 Å². The first-order valence-corrected chi connectivity index (χ1v) is 45.6. The van der Waals surface area contributed by atoms with Crippen LogP contribution in [0.4, 0.5) is 4.79 Å². The molecule has 0 bridgehead atoms. The lowest BCUT2D eigenvalue weighted by Gasteiger charge is -2.44. The Balaban J connectivity index is 1.89. The first kappa shape index (κ1) is 86.9. The standard InChI is InChI=1S/C79H133NO16Si3/c1-23-47-89-78(85)93-70-53-69(59(12)50-62-43-45-67(71(51-62)87-19)95-97(21,22)79(15,16)17)92-77(84)64-39-35-36-46-80(64)72(81)54-90-65-40-33-34-41-66(65)91-76(83)57(10)42-44-63(94-98(24-2,25-3)26-4)52-68(86-18)56(9)38-32-30-31-37-55(8)48-60(13)73(82)75(88-20)74(61(14)49-58(70)11)96-99(27-5,28-6)29-7/h23,30-34,37-38,40-41,49,55,57-60,62-64,67-71,74-75H,1,24-29,35-36,39,42-48,50-54H2,2-22H3/b32-30+,37-31+,56-38+,61-49+/t55-,57-,58-,59-,60-,62+,63+,64+,67-,68+,69+,70-,71-,74-,75+/m1/s1. The summed E-state index contributed by atoms with van der Waals surface area (Å²) in [6.45, 7) is 41.9. The molecule has 2 heterocycles. The zero-order valence-corrected chi connectivity index (χ0v) is 68.0. The van der Waals surface area contributed by atoms with Gasteiger partial charge in [0.1, 0.15) is 31.0 Å². The number of cyclic esters (lactones) is 1. The number of benzene rings is 1. The molecule has 15 atom stereocenters. The van der Waals surface area contributed by atoms with Crippen LogP contribution in [-0.2, 0) is 60.9 Å². The Morgan fingerprint density at radius 1 is 0.697 bits per heavy atom.